The molecule has 22 heavy (non-hydrogen) atoms. The number of rotatable bonds is 3. The molecule has 0 aromatic heterocycles. The molecule has 1 atom stereocenters. The van der Waals surface area contributed by atoms with Gasteiger partial charge in [-0.25, -0.2) is 4.79 Å². The summed E-state index contributed by atoms with van der Waals surface area (Å²) in [5, 5.41) is 20.2. The first-order valence-electron chi connectivity index (χ1n) is 7.15. The molecule has 2 rings (SSSR count). The molecule has 0 heterocycles. The minimum atomic E-state index is -1.35. The Morgan fingerprint density at radius 3 is 2.32 bits per heavy atom. The van der Waals surface area contributed by atoms with E-state index in [0.29, 0.717) is 16.1 Å². The maximum absolute atomic E-state index is 11.0. The molecule has 0 saturated carbocycles. The molecular weight excluding hydrogens is 300 g/mol. The van der Waals surface area contributed by atoms with Crippen molar-refractivity contribution in [2.24, 2.45) is 0 Å². The zero-order valence-electron chi connectivity index (χ0n) is 13.2. The van der Waals surface area contributed by atoms with Gasteiger partial charge in [-0.2, -0.15) is 0 Å². The highest BCUT2D eigenvalue weighted by molar-refractivity contribution is 6.31. The molecule has 4 heteroatoms. The van der Waals surface area contributed by atoms with E-state index in [1.807, 2.05) is 26.8 Å². The number of hydrogen-bond donors (Lipinski definition) is 2. The first-order valence-corrected chi connectivity index (χ1v) is 7.53. The minimum absolute atomic E-state index is 0.131. The second-order valence-corrected chi connectivity index (χ2v) is 5.35. The average Bonchev–Trinajstić information content (AvgIpc) is 2.49. The molecule has 0 aliphatic carbocycles. The Kier molecular flexibility index (Phi) is 6.15. The first kappa shape index (κ1) is 18.2. The van der Waals surface area contributed by atoms with Crippen molar-refractivity contribution in [1.82, 2.24) is 0 Å². The SMILES string of the molecule is CC.Cc1ccc(C(C)(O)c2cccc(C(=O)O)c2)c(Cl)c1. The summed E-state index contributed by atoms with van der Waals surface area (Å²) in [6, 6.07) is 11.6. The lowest BCUT2D eigenvalue weighted by molar-refractivity contribution is 0.0695. The number of aryl methyl sites for hydroxylation is 1. The van der Waals surface area contributed by atoms with E-state index in [1.165, 1.54) is 12.1 Å². The van der Waals surface area contributed by atoms with Crippen molar-refractivity contribution >= 4 is 17.6 Å². The third-order valence-electron chi connectivity index (χ3n) is 3.32. The number of carbonyl (C=O) groups is 1. The topological polar surface area (TPSA) is 57.5 Å². The molecule has 2 aromatic carbocycles. The summed E-state index contributed by atoms with van der Waals surface area (Å²) >= 11 is 6.19. The van der Waals surface area contributed by atoms with Gasteiger partial charge in [0, 0.05) is 10.6 Å². The summed E-state index contributed by atoms with van der Waals surface area (Å²) in [4.78, 5) is 11.0. The van der Waals surface area contributed by atoms with Gasteiger partial charge in [-0.05, 0) is 43.2 Å². The summed E-state index contributed by atoms with van der Waals surface area (Å²) in [6.45, 7) is 7.51. The van der Waals surface area contributed by atoms with Crippen LogP contribution in [-0.2, 0) is 5.60 Å². The molecule has 0 bridgehead atoms. The highest BCUT2D eigenvalue weighted by atomic mass is 35.5. The van der Waals surface area contributed by atoms with Gasteiger partial charge in [0.25, 0.3) is 0 Å². The fraction of sp³-hybridized carbons (Fsp3) is 0.278. The Hall–Kier alpha value is -1.84. The van der Waals surface area contributed by atoms with Gasteiger partial charge in [0.05, 0.1) is 5.56 Å². The van der Waals surface area contributed by atoms with Crippen molar-refractivity contribution in [1.29, 1.82) is 0 Å². The summed E-state index contributed by atoms with van der Waals surface area (Å²) in [7, 11) is 0. The number of carboxylic acid groups (broad SMARTS) is 1. The number of aliphatic hydroxyl groups is 1. The molecule has 2 N–H and O–H groups in total. The van der Waals surface area contributed by atoms with E-state index < -0.39 is 11.6 Å². The Morgan fingerprint density at radius 2 is 1.77 bits per heavy atom. The number of benzene rings is 2. The first-order chi connectivity index (χ1) is 10.3. The molecule has 0 aliphatic rings. The van der Waals surface area contributed by atoms with Crippen molar-refractivity contribution in [2.45, 2.75) is 33.3 Å². The fourth-order valence-corrected chi connectivity index (χ4v) is 2.54. The molecule has 0 spiro atoms. The van der Waals surface area contributed by atoms with Gasteiger partial charge < -0.3 is 10.2 Å². The van der Waals surface area contributed by atoms with Gasteiger partial charge in [-0.3, -0.25) is 0 Å². The molecule has 0 amide bonds. The van der Waals surface area contributed by atoms with Crippen LogP contribution in [0.5, 0.6) is 0 Å². The molecular formula is C18H21ClO3. The second-order valence-electron chi connectivity index (χ2n) is 4.94. The van der Waals surface area contributed by atoms with Crippen LogP contribution in [0.1, 0.15) is 47.8 Å². The lowest BCUT2D eigenvalue weighted by atomic mass is 9.87. The van der Waals surface area contributed by atoms with Gasteiger partial charge in [0.15, 0.2) is 0 Å². The maximum atomic E-state index is 11.0. The largest absolute Gasteiger partial charge is 0.478 e. The van der Waals surface area contributed by atoms with Crippen LogP contribution in [-0.4, -0.2) is 16.2 Å². The Labute approximate surface area is 136 Å². The summed E-state index contributed by atoms with van der Waals surface area (Å²) in [5.74, 6) is -1.03. The molecule has 3 nitrogen and oxygen atoms in total. The molecule has 0 saturated heterocycles. The third kappa shape index (κ3) is 3.87. The molecule has 0 aliphatic heterocycles. The van der Waals surface area contributed by atoms with Crippen molar-refractivity contribution in [2.75, 3.05) is 0 Å². The van der Waals surface area contributed by atoms with Crippen LogP contribution in [0.4, 0.5) is 0 Å². The second kappa shape index (κ2) is 7.43. The Bertz CT molecular complexity index is 663. The lowest BCUT2D eigenvalue weighted by Crippen LogP contribution is -2.23. The smallest absolute Gasteiger partial charge is 0.335 e. The fourth-order valence-electron chi connectivity index (χ4n) is 2.13. The Morgan fingerprint density at radius 1 is 1.14 bits per heavy atom. The van der Waals surface area contributed by atoms with Crippen molar-refractivity contribution in [3.05, 3.63) is 69.7 Å². The van der Waals surface area contributed by atoms with Crippen LogP contribution in [0.2, 0.25) is 5.02 Å². The Balaban J connectivity index is 0.00000116. The van der Waals surface area contributed by atoms with Crippen LogP contribution >= 0.6 is 11.6 Å². The zero-order chi connectivity index (χ0) is 16.9. The number of halogens is 1. The van der Waals surface area contributed by atoms with E-state index in [0.717, 1.165) is 5.56 Å². The molecule has 118 valence electrons. The molecule has 0 radical (unpaired) electrons. The summed E-state index contributed by atoms with van der Waals surface area (Å²) in [5.41, 5.74) is 0.811. The lowest BCUT2D eigenvalue weighted by Gasteiger charge is -2.26. The molecule has 0 fully saturated rings. The van der Waals surface area contributed by atoms with Gasteiger partial charge in [-0.15, -0.1) is 0 Å². The predicted molar refractivity (Wildman–Crippen MR) is 89.6 cm³/mol. The van der Waals surface area contributed by atoms with E-state index in [2.05, 4.69) is 0 Å². The van der Waals surface area contributed by atoms with Crippen LogP contribution < -0.4 is 0 Å². The third-order valence-corrected chi connectivity index (χ3v) is 3.63. The highest BCUT2D eigenvalue weighted by Gasteiger charge is 2.28. The van der Waals surface area contributed by atoms with Crippen LogP contribution in [0.15, 0.2) is 42.5 Å². The molecule has 2 aromatic rings. The monoisotopic (exact) mass is 320 g/mol. The van der Waals surface area contributed by atoms with Crippen molar-refractivity contribution in [3.63, 3.8) is 0 Å². The van der Waals surface area contributed by atoms with Crippen molar-refractivity contribution in [3.8, 4) is 0 Å². The van der Waals surface area contributed by atoms with Gasteiger partial charge in [0.1, 0.15) is 5.60 Å². The standard InChI is InChI=1S/C16H15ClO3.C2H6/c1-10-6-7-13(14(17)8-10)16(2,20)12-5-3-4-11(9-12)15(18)19;1-2/h3-9,20H,1-2H3,(H,18,19);1-2H3. The van der Waals surface area contributed by atoms with E-state index >= 15 is 0 Å². The van der Waals surface area contributed by atoms with E-state index in [9.17, 15) is 9.90 Å². The predicted octanol–water partition coefficient (Wildman–Crippen LogP) is 4.63. The quantitative estimate of drug-likeness (QED) is 0.867. The number of hydrogen-bond acceptors (Lipinski definition) is 2. The average molecular weight is 321 g/mol. The van der Waals surface area contributed by atoms with Crippen LogP contribution in [0.3, 0.4) is 0 Å². The maximum Gasteiger partial charge on any atom is 0.335 e. The normalized spacial score (nSPS) is 12.8. The van der Waals surface area contributed by atoms with Crippen LogP contribution in [0, 0.1) is 6.92 Å². The van der Waals surface area contributed by atoms with E-state index in [1.54, 1.807) is 31.2 Å². The summed E-state index contributed by atoms with van der Waals surface area (Å²) < 4.78 is 0. The van der Waals surface area contributed by atoms with E-state index in [-0.39, 0.29) is 5.56 Å². The summed E-state index contributed by atoms with van der Waals surface area (Å²) in [6.07, 6.45) is 0. The van der Waals surface area contributed by atoms with Gasteiger partial charge in [-0.1, -0.05) is 49.7 Å². The number of aromatic carboxylic acids is 1. The molecule has 1 unspecified atom stereocenters. The van der Waals surface area contributed by atoms with E-state index in [4.69, 9.17) is 16.7 Å². The highest BCUT2D eigenvalue weighted by Crippen LogP contribution is 2.34. The van der Waals surface area contributed by atoms with Gasteiger partial charge >= 0.3 is 5.97 Å². The van der Waals surface area contributed by atoms with Crippen molar-refractivity contribution < 1.29 is 15.0 Å². The minimum Gasteiger partial charge on any atom is -0.478 e. The number of carboxylic acids is 1. The van der Waals surface area contributed by atoms with Gasteiger partial charge in [0.2, 0.25) is 0 Å². The van der Waals surface area contributed by atoms with Crippen LogP contribution in [0.25, 0.3) is 0 Å². The zero-order valence-corrected chi connectivity index (χ0v) is 14.0.